The van der Waals surface area contributed by atoms with Crippen LogP contribution in [0.4, 0.5) is 15.8 Å². The van der Waals surface area contributed by atoms with Crippen LogP contribution in [0.5, 0.6) is 0 Å². The number of halogens is 1. The average molecular weight is 285 g/mol. The second-order valence-corrected chi connectivity index (χ2v) is 4.12. The van der Waals surface area contributed by atoms with Crippen LogP contribution >= 0.6 is 0 Å². The van der Waals surface area contributed by atoms with Gasteiger partial charge in [0.1, 0.15) is 5.56 Å². The van der Waals surface area contributed by atoms with Crippen LogP contribution in [-0.2, 0) is 4.74 Å². The third kappa shape index (κ3) is 3.00. The molecule has 1 aliphatic heterocycles. The monoisotopic (exact) mass is 285 g/mol. The number of rotatable bonds is 4. The van der Waals surface area contributed by atoms with Crippen molar-refractivity contribution in [2.75, 3.05) is 31.7 Å². The Kier molecular flexibility index (Phi) is 4.11. The summed E-state index contributed by atoms with van der Waals surface area (Å²) in [6, 6.07) is 1.53. The van der Waals surface area contributed by atoms with E-state index < -0.39 is 28.0 Å². The molecule has 108 valence electrons. The summed E-state index contributed by atoms with van der Waals surface area (Å²) in [5.74, 6) is -2.37. The minimum Gasteiger partial charge on any atom is -0.477 e. The fourth-order valence-corrected chi connectivity index (χ4v) is 1.82. The van der Waals surface area contributed by atoms with Crippen LogP contribution in [0.25, 0.3) is 0 Å². The number of nitrogens with zero attached hydrogens (tertiary/aromatic N) is 2. The normalized spacial score (nSPS) is 15.8. The van der Waals surface area contributed by atoms with Gasteiger partial charge in [-0.3, -0.25) is 10.1 Å². The van der Waals surface area contributed by atoms with Gasteiger partial charge in [-0.25, -0.2) is 14.2 Å². The van der Waals surface area contributed by atoms with Gasteiger partial charge >= 0.3 is 5.97 Å². The smallest absolute Gasteiger partial charge is 0.342 e. The lowest BCUT2D eigenvalue weighted by molar-refractivity contribution is -0.385. The molecule has 2 N–H and O–H groups in total. The van der Waals surface area contributed by atoms with E-state index in [-0.39, 0.29) is 5.69 Å². The van der Waals surface area contributed by atoms with Crippen molar-refractivity contribution in [1.82, 2.24) is 5.01 Å². The third-order valence-corrected chi connectivity index (χ3v) is 2.80. The van der Waals surface area contributed by atoms with E-state index in [0.29, 0.717) is 32.4 Å². The molecule has 0 bridgehead atoms. The van der Waals surface area contributed by atoms with Gasteiger partial charge in [0.15, 0.2) is 5.82 Å². The topological polar surface area (TPSA) is 105 Å². The lowest BCUT2D eigenvalue weighted by Gasteiger charge is -2.28. The maximum Gasteiger partial charge on any atom is 0.342 e. The van der Waals surface area contributed by atoms with Crippen molar-refractivity contribution in [3.63, 3.8) is 0 Å². The zero-order chi connectivity index (χ0) is 14.7. The first-order chi connectivity index (χ1) is 9.49. The van der Waals surface area contributed by atoms with Crippen LogP contribution in [0.15, 0.2) is 12.1 Å². The minimum absolute atomic E-state index is 0.116. The van der Waals surface area contributed by atoms with Gasteiger partial charge in [0, 0.05) is 13.1 Å². The van der Waals surface area contributed by atoms with Gasteiger partial charge in [-0.05, 0) is 6.07 Å². The number of benzene rings is 1. The molecule has 1 saturated heterocycles. The fourth-order valence-electron chi connectivity index (χ4n) is 1.82. The molecular formula is C11H12FN3O5. The standard InChI is InChI=1S/C11H12FN3O5/c12-8-6-10(15(18)19)7(11(16)17)5-9(8)13-14-1-3-20-4-2-14/h5-6,13H,1-4H2,(H,16,17). The molecule has 0 atom stereocenters. The lowest BCUT2D eigenvalue weighted by Crippen LogP contribution is -2.40. The van der Waals surface area contributed by atoms with Gasteiger partial charge in [-0.15, -0.1) is 0 Å². The summed E-state index contributed by atoms with van der Waals surface area (Å²) in [4.78, 5) is 20.8. The number of morpholine rings is 1. The highest BCUT2D eigenvalue weighted by Gasteiger charge is 2.24. The minimum atomic E-state index is -1.48. The van der Waals surface area contributed by atoms with Gasteiger partial charge in [0.25, 0.3) is 5.69 Å². The van der Waals surface area contributed by atoms with E-state index in [1.54, 1.807) is 5.01 Å². The van der Waals surface area contributed by atoms with E-state index in [9.17, 15) is 19.3 Å². The summed E-state index contributed by atoms with van der Waals surface area (Å²) >= 11 is 0. The number of aromatic carboxylic acids is 1. The average Bonchev–Trinajstić information content (AvgIpc) is 2.41. The van der Waals surface area contributed by atoms with E-state index in [1.165, 1.54) is 0 Å². The van der Waals surface area contributed by atoms with Gasteiger partial charge < -0.3 is 15.3 Å². The number of nitro groups is 1. The molecule has 8 nitrogen and oxygen atoms in total. The zero-order valence-corrected chi connectivity index (χ0v) is 10.3. The first-order valence-corrected chi connectivity index (χ1v) is 5.79. The van der Waals surface area contributed by atoms with Crippen molar-refractivity contribution in [2.45, 2.75) is 0 Å². The second kappa shape index (κ2) is 5.80. The number of hydrogen-bond donors (Lipinski definition) is 2. The van der Waals surface area contributed by atoms with Crippen molar-refractivity contribution in [2.24, 2.45) is 0 Å². The summed E-state index contributed by atoms with van der Waals surface area (Å²) in [6.45, 7) is 1.93. The summed E-state index contributed by atoms with van der Waals surface area (Å²) in [7, 11) is 0. The highest BCUT2D eigenvalue weighted by atomic mass is 19.1. The Morgan fingerprint density at radius 1 is 1.45 bits per heavy atom. The molecule has 1 heterocycles. The molecule has 0 radical (unpaired) electrons. The molecule has 9 heteroatoms. The zero-order valence-electron chi connectivity index (χ0n) is 10.3. The van der Waals surface area contributed by atoms with Crippen LogP contribution < -0.4 is 5.43 Å². The van der Waals surface area contributed by atoms with Gasteiger partial charge in [0.2, 0.25) is 0 Å². The summed E-state index contributed by atoms with van der Waals surface area (Å²) < 4.78 is 18.9. The molecule has 0 unspecified atom stereocenters. The second-order valence-electron chi connectivity index (χ2n) is 4.12. The van der Waals surface area contributed by atoms with Crippen LogP contribution in [0.1, 0.15) is 10.4 Å². The molecule has 0 saturated carbocycles. The highest BCUT2D eigenvalue weighted by molar-refractivity contribution is 5.93. The molecule has 0 amide bonds. The van der Waals surface area contributed by atoms with E-state index in [0.717, 1.165) is 6.07 Å². The number of carbonyl (C=O) groups is 1. The predicted molar refractivity (Wildman–Crippen MR) is 66.0 cm³/mol. The third-order valence-electron chi connectivity index (χ3n) is 2.80. The first kappa shape index (κ1) is 14.2. The molecule has 0 aromatic heterocycles. The number of nitro benzene ring substituents is 1. The quantitative estimate of drug-likeness (QED) is 0.630. The molecule has 0 aliphatic carbocycles. The lowest BCUT2D eigenvalue weighted by atomic mass is 10.1. The number of nitrogens with one attached hydrogen (secondary N) is 1. The predicted octanol–water partition coefficient (Wildman–Crippen LogP) is 1.09. The first-order valence-electron chi connectivity index (χ1n) is 5.79. The van der Waals surface area contributed by atoms with Crippen LogP contribution in [0, 0.1) is 15.9 Å². The van der Waals surface area contributed by atoms with Crippen molar-refractivity contribution >= 4 is 17.3 Å². The molecule has 1 fully saturated rings. The van der Waals surface area contributed by atoms with Crippen molar-refractivity contribution in [3.8, 4) is 0 Å². The van der Waals surface area contributed by atoms with Crippen LogP contribution in [0.2, 0.25) is 0 Å². The maximum absolute atomic E-state index is 13.8. The Morgan fingerprint density at radius 3 is 2.65 bits per heavy atom. The van der Waals surface area contributed by atoms with E-state index in [2.05, 4.69) is 5.43 Å². The van der Waals surface area contributed by atoms with Crippen LogP contribution in [-0.4, -0.2) is 47.3 Å². The number of ether oxygens (including phenoxy) is 1. The fraction of sp³-hybridized carbons (Fsp3) is 0.364. The Hall–Kier alpha value is -2.26. The van der Waals surface area contributed by atoms with Gasteiger partial charge in [-0.1, -0.05) is 0 Å². The summed E-state index contributed by atoms with van der Waals surface area (Å²) in [5, 5.41) is 21.3. The van der Waals surface area contributed by atoms with E-state index >= 15 is 0 Å². The van der Waals surface area contributed by atoms with Crippen molar-refractivity contribution in [1.29, 1.82) is 0 Å². The SMILES string of the molecule is O=C(O)c1cc(NN2CCOCC2)c(F)cc1[N+](=O)[O-]. The molecule has 2 rings (SSSR count). The summed E-state index contributed by atoms with van der Waals surface area (Å²) in [5.41, 5.74) is 1.25. The van der Waals surface area contributed by atoms with Gasteiger partial charge in [-0.2, -0.15) is 0 Å². The van der Waals surface area contributed by atoms with Crippen molar-refractivity contribution in [3.05, 3.63) is 33.6 Å². The molecular weight excluding hydrogens is 273 g/mol. The van der Waals surface area contributed by atoms with Crippen LogP contribution in [0.3, 0.4) is 0 Å². The van der Waals surface area contributed by atoms with Crippen molar-refractivity contribution < 1.29 is 24.0 Å². The number of carboxylic acid groups (broad SMARTS) is 1. The number of hydrogen-bond acceptors (Lipinski definition) is 6. The Morgan fingerprint density at radius 2 is 2.10 bits per heavy atom. The number of hydrazine groups is 1. The molecule has 1 aromatic carbocycles. The Balaban J connectivity index is 2.31. The number of carboxylic acids is 1. The Labute approximate surface area is 112 Å². The maximum atomic E-state index is 13.8. The Bertz CT molecular complexity index is 545. The molecule has 20 heavy (non-hydrogen) atoms. The molecule has 1 aliphatic rings. The number of anilines is 1. The highest BCUT2D eigenvalue weighted by Crippen LogP contribution is 2.26. The van der Waals surface area contributed by atoms with Gasteiger partial charge in [0.05, 0.1) is 29.9 Å². The van der Waals surface area contributed by atoms with E-state index in [1.807, 2.05) is 0 Å². The largest absolute Gasteiger partial charge is 0.477 e. The molecule has 0 spiro atoms. The van der Waals surface area contributed by atoms with E-state index in [4.69, 9.17) is 9.84 Å². The summed E-state index contributed by atoms with van der Waals surface area (Å²) in [6.07, 6.45) is 0. The molecule has 1 aromatic rings.